The maximum absolute atomic E-state index is 4.39. The summed E-state index contributed by atoms with van der Waals surface area (Å²) in [5.41, 5.74) is 6.58. The lowest BCUT2D eigenvalue weighted by Crippen LogP contribution is -2.08. The smallest absolute Gasteiger partial charge is 0.193 e. The number of hydrogen-bond acceptors (Lipinski definition) is 6. The van der Waals surface area contributed by atoms with E-state index in [0.29, 0.717) is 11.7 Å². The van der Waals surface area contributed by atoms with Gasteiger partial charge in [-0.05, 0) is 43.3 Å². The number of fused-ring (bicyclic) bond motifs is 1. The fourth-order valence-corrected chi connectivity index (χ4v) is 2.12. The van der Waals surface area contributed by atoms with Crippen LogP contribution < -0.4 is 10.3 Å². The first kappa shape index (κ1) is 16.5. The van der Waals surface area contributed by atoms with Crippen LogP contribution in [0.5, 0.6) is 0 Å². The fourth-order valence-electron chi connectivity index (χ4n) is 2.12. The van der Waals surface area contributed by atoms with Crippen molar-refractivity contribution in [2.24, 2.45) is 15.3 Å². The Morgan fingerprint density at radius 2 is 1.72 bits per heavy atom. The third-order valence-corrected chi connectivity index (χ3v) is 3.46. The molecular weight excluding hydrogens is 314 g/mol. The van der Waals surface area contributed by atoms with Gasteiger partial charge in [0.2, 0.25) is 0 Å². The Morgan fingerprint density at radius 1 is 1.00 bits per heavy atom. The molecule has 25 heavy (non-hydrogen) atoms. The summed E-state index contributed by atoms with van der Waals surface area (Å²) in [4.78, 5) is 10.7. The molecule has 0 atom stereocenters. The number of azo groups is 1. The number of hydrazone groups is 1. The van der Waals surface area contributed by atoms with Gasteiger partial charge < -0.3 is 4.90 Å². The SMILES string of the molecule is C/C(N=Nc1cnc2ccccc2n1)=N\Nc1ccc(N(C)C)cc1. The number of para-hydroxylation sites is 2. The van der Waals surface area contributed by atoms with Gasteiger partial charge in [0.25, 0.3) is 0 Å². The van der Waals surface area contributed by atoms with Gasteiger partial charge >= 0.3 is 0 Å². The molecule has 1 N–H and O–H groups in total. The van der Waals surface area contributed by atoms with E-state index < -0.39 is 0 Å². The molecule has 126 valence electrons. The molecule has 7 heteroatoms. The van der Waals surface area contributed by atoms with Crippen molar-refractivity contribution in [1.29, 1.82) is 0 Å². The standard InChI is InChI=1S/C18H19N7/c1-13(21-23-14-8-10-15(11-9-14)25(2)3)22-24-18-12-19-16-6-4-5-7-17(16)20-18/h4-12,23H,1-3H3/b21-13+,24-22?. The zero-order valence-electron chi connectivity index (χ0n) is 14.4. The minimum absolute atomic E-state index is 0.448. The lowest BCUT2D eigenvalue weighted by molar-refractivity contribution is 1.13. The number of nitrogens with one attached hydrogen (secondary N) is 1. The van der Waals surface area contributed by atoms with Crippen LogP contribution in [0.25, 0.3) is 11.0 Å². The summed E-state index contributed by atoms with van der Waals surface area (Å²) in [6.45, 7) is 1.76. The summed E-state index contributed by atoms with van der Waals surface area (Å²) in [7, 11) is 4.00. The molecule has 3 rings (SSSR count). The average Bonchev–Trinajstić information content (AvgIpc) is 2.65. The van der Waals surface area contributed by atoms with Crippen molar-refractivity contribution in [3.8, 4) is 0 Å². The highest BCUT2D eigenvalue weighted by Gasteiger charge is 1.98. The van der Waals surface area contributed by atoms with Crippen molar-refractivity contribution in [1.82, 2.24) is 9.97 Å². The van der Waals surface area contributed by atoms with E-state index >= 15 is 0 Å². The molecule has 0 aliphatic heterocycles. The zero-order valence-corrected chi connectivity index (χ0v) is 14.4. The number of amidine groups is 1. The van der Waals surface area contributed by atoms with Crippen LogP contribution in [-0.4, -0.2) is 29.9 Å². The molecule has 0 aliphatic carbocycles. The van der Waals surface area contributed by atoms with Gasteiger partial charge in [0, 0.05) is 19.8 Å². The van der Waals surface area contributed by atoms with E-state index in [2.05, 4.69) is 30.7 Å². The molecule has 0 unspecified atom stereocenters. The van der Waals surface area contributed by atoms with Crippen molar-refractivity contribution in [2.45, 2.75) is 6.92 Å². The molecule has 3 aromatic rings. The van der Waals surface area contributed by atoms with E-state index in [1.807, 2.05) is 67.5 Å². The Bertz CT molecular complexity index is 914. The third-order valence-electron chi connectivity index (χ3n) is 3.46. The van der Waals surface area contributed by atoms with Crippen LogP contribution in [0, 0.1) is 0 Å². The van der Waals surface area contributed by atoms with E-state index in [-0.39, 0.29) is 0 Å². The first-order chi connectivity index (χ1) is 12.1. The number of nitrogens with zero attached hydrogens (tertiary/aromatic N) is 6. The van der Waals surface area contributed by atoms with E-state index in [4.69, 9.17) is 0 Å². The van der Waals surface area contributed by atoms with Crippen LogP contribution in [0.2, 0.25) is 0 Å². The number of hydrogen-bond donors (Lipinski definition) is 1. The summed E-state index contributed by atoms with van der Waals surface area (Å²) in [6, 6.07) is 15.6. The maximum atomic E-state index is 4.39. The lowest BCUT2D eigenvalue weighted by atomic mass is 10.3. The Morgan fingerprint density at radius 3 is 2.44 bits per heavy atom. The van der Waals surface area contributed by atoms with E-state index in [9.17, 15) is 0 Å². The van der Waals surface area contributed by atoms with Crippen LogP contribution in [0.3, 0.4) is 0 Å². The Kier molecular flexibility index (Phi) is 4.94. The first-order valence-corrected chi connectivity index (χ1v) is 7.83. The topological polar surface area (TPSA) is 78.1 Å². The monoisotopic (exact) mass is 333 g/mol. The van der Waals surface area contributed by atoms with Gasteiger partial charge in [-0.3, -0.25) is 10.4 Å². The normalized spacial score (nSPS) is 11.9. The van der Waals surface area contributed by atoms with Crippen molar-refractivity contribution in [3.05, 3.63) is 54.7 Å². The molecule has 0 aliphatic rings. The largest absolute Gasteiger partial charge is 0.378 e. The van der Waals surface area contributed by atoms with Crippen molar-refractivity contribution in [3.63, 3.8) is 0 Å². The molecule has 0 spiro atoms. The summed E-state index contributed by atoms with van der Waals surface area (Å²) < 4.78 is 0. The average molecular weight is 333 g/mol. The molecule has 0 saturated carbocycles. The molecule has 0 radical (unpaired) electrons. The molecule has 2 aromatic carbocycles. The number of anilines is 2. The van der Waals surface area contributed by atoms with Crippen LogP contribution in [0.15, 0.2) is 70.1 Å². The highest BCUT2D eigenvalue weighted by Crippen LogP contribution is 2.16. The Hall–Kier alpha value is -3.35. The molecule has 7 nitrogen and oxygen atoms in total. The van der Waals surface area contributed by atoms with Gasteiger partial charge in [-0.15, -0.1) is 10.2 Å². The molecule has 0 bridgehead atoms. The Labute approximate surface area is 146 Å². The van der Waals surface area contributed by atoms with E-state index in [1.165, 1.54) is 0 Å². The minimum atomic E-state index is 0.448. The second kappa shape index (κ2) is 7.48. The molecule has 1 aromatic heterocycles. The van der Waals surface area contributed by atoms with E-state index in [0.717, 1.165) is 22.4 Å². The van der Waals surface area contributed by atoms with Gasteiger partial charge in [-0.1, -0.05) is 12.1 Å². The molecule has 0 amide bonds. The molecule has 0 saturated heterocycles. The van der Waals surface area contributed by atoms with Crippen molar-refractivity contribution in [2.75, 3.05) is 24.4 Å². The highest BCUT2D eigenvalue weighted by molar-refractivity contribution is 5.81. The molecular formula is C18H19N7. The van der Waals surface area contributed by atoms with E-state index in [1.54, 1.807) is 13.1 Å². The first-order valence-electron chi connectivity index (χ1n) is 7.83. The van der Waals surface area contributed by atoms with Crippen molar-refractivity contribution < 1.29 is 0 Å². The van der Waals surface area contributed by atoms with Gasteiger partial charge in [0.15, 0.2) is 11.7 Å². The lowest BCUT2D eigenvalue weighted by Gasteiger charge is -2.12. The van der Waals surface area contributed by atoms with Crippen LogP contribution in [0.1, 0.15) is 6.92 Å². The number of rotatable bonds is 4. The highest BCUT2D eigenvalue weighted by atomic mass is 15.3. The summed E-state index contributed by atoms with van der Waals surface area (Å²) >= 11 is 0. The van der Waals surface area contributed by atoms with Gasteiger partial charge in [0.1, 0.15) is 0 Å². The van der Waals surface area contributed by atoms with Crippen molar-refractivity contribution >= 4 is 34.1 Å². The van der Waals surface area contributed by atoms with Gasteiger partial charge in [-0.2, -0.15) is 5.10 Å². The second-order valence-corrected chi connectivity index (χ2v) is 5.63. The Balaban J connectivity index is 1.66. The van der Waals surface area contributed by atoms with Crippen LogP contribution >= 0.6 is 0 Å². The molecule has 1 heterocycles. The summed E-state index contributed by atoms with van der Waals surface area (Å²) in [5, 5.41) is 12.3. The van der Waals surface area contributed by atoms with Gasteiger partial charge in [0.05, 0.1) is 22.9 Å². The predicted octanol–water partition coefficient (Wildman–Crippen LogP) is 4.23. The quantitative estimate of drug-likeness (QED) is 0.335. The summed E-state index contributed by atoms with van der Waals surface area (Å²) in [6.07, 6.45) is 1.59. The number of benzene rings is 2. The second-order valence-electron chi connectivity index (χ2n) is 5.63. The summed E-state index contributed by atoms with van der Waals surface area (Å²) in [5.74, 6) is 0.940. The molecule has 0 fully saturated rings. The van der Waals surface area contributed by atoms with Gasteiger partial charge in [-0.25, -0.2) is 4.98 Å². The zero-order chi connectivity index (χ0) is 17.6. The fraction of sp³-hybridized carbons (Fsp3) is 0.167. The van der Waals surface area contributed by atoms with Crippen LogP contribution in [0.4, 0.5) is 17.2 Å². The predicted molar refractivity (Wildman–Crippen MR) is 102 cm³/mol. The minimum Gasteiger partial charge on any atom is -0.378 e. The number of aromatic nitrogens is 2. The maximum Gasteiger partial charge on any atom is 0.193 e. The van der Waals surface area contributed by atoms with Crippen LogP contribution in [-0.2, 0) is 0 Å². The third kappa shape index (κ3) is 4.35.